The second kappa shape index (κ2) is 20.3. The number of carboxylic acids is 2. The van der Waals surface area contributed by atoms with Crippen molar-refractivity contribution in [2.75, 3.05) is 52.7 Å². The second-order valence-electron chi connectivity index (χ2n) is 10.4. The van der Waals surface area contributed by atoms with E-state index in [4.69, 9.17) is 26.6 Å². The number of aromatic carboxylic acids is 2. The molecule has 0 heterocycles. The highest BCUT2D eigenvalue weighted by molar-refractivity contribution is 6.61. The zero-order valence-corrected chi connectivity index (χ0v) is 30.8. The summed E-state index contributed by atoms with van der Waals surface area (Å²) < 4.78 is 35.0. The van der Waals surface area contributed by atoms with Crippen molar-refractivity contribution in [1.29, 1.82) is 0 Å². The Balaban J connectivity index is 2.27. The molecule has 0 aliphatic rings. The molecule has 0 fully saturated rings. The zero-order chi connectivity index (χ0) is 35.7. The van der Waals surface area contributed by atoms with Crippen LogP contribution in [-0.4, -0.2) is 104 Å². The molecule has 0 atom stereocenters. The van der Waals surface area contributed by atoms with E-state index in [-0.39, 0.29) is 46.1 Å². The minimum atomic E-state index is -2.92. The molecule has 2 amide bonds. The Bertz CT molecular complexity index is 1250. The van der Waals surface area contributed by atoms with Crippen molar-refractivity contribution in [3.63, 3.8) is 0 Å². The third-order valence-corrected chi connectivity index (χ3v) is 13.4. The molecule has 4 N–H and O–H groups in total. The van der Waals surface area contributed by atoms with E-state index in [0.717, 1.165) is 0 Å². The molecule has 2 rings (SSSR count). The van der Waals surface area contributed by atoms with Crippen LogP contribution in [0.3, 0.4) is 0 Å². The summed E-state index contributed by atoms with van der Waals surface area (Å²) in [5, 5.41) is 25.9. The second-order valence-corrected chi connectivity index (χ2v) is 15.9. The standard InChI is InChI=1S/C32H50N2O12Si2/c1-7-41-47(42-8-2,43-9-3)17-13-15-33-29(35)25-19-23-22-28(32(39)40)26(20-24(23)21-27(25)31(37)38)30(36)34-16-14-18-48(44-10-4,45-11-5)46-12-6/h19-22H,7-18H2,1-6H3,(H,33,35)(H,34,36)(H,37,38)(H,39,40). The van der Waals surface area contributed by atoms with Gasteiger partial charge in [-0.15, -0.1) is 0 Å². The van der Waals surface area contributed by atoms with Gasteiger partial charge in [-0.2, -0.15) is 0 Å². The van der Waals surface area contributed by atoms with Crippen molar-refractivity contribution in [2.24, 2.45) is 0 Å². The van der Waals surface area contributed by atoms with Gasteiger partial charge >= 0.3 is 29.5 Å². The van der Waals surface area contributed by atoms with Gasteiger partial charge < -0.3 is 47.4 Å². The Hall–Kier alpha value is -3.23. The minimum Gasteiger partial charge on any atom is -0.478 e. The largest absolute Gasteiger partial charge is 0.500 e. The summed E-state index contributed by atoms with van der Waals surface area (Å²) in [6, 6.07) is 6.07. The molecule has 0 aromatic heterocycles. The first-order valence-corrected chi connectivity index (χ1v) is 20.3. The van der Waals surface area contributed by atoms with Gasteiger partial charge in [0.1, 0.15) is 0 Å². The molecular formula is C32H50N2O12Si2. The fourth-order valence-corrected chi connectivity index (χ4v) is 10.5. The van der Waals surface area contributed by atoms with Gasteiger partial charge in [0.25, 0.3) is 11.8 Å². The number of nitrogens with one attached hydrogen (secondary N) is 2. The lowest BCUT2D eigenvalue weighted by Crippen LogP contribution is -2.46. The lowest BCUT2D eigenvalue weighted by molar-refractivity contribution is 0.0681. The maximum atomic E-state index is 13.2. The highest BCUT2D eigenvalue weighted by Crippen LogP contribution is 2.26. The summed E-state index contributed by atoms with van der Waals surface area (Å²) in [6.45, 7) is 14.0. The molecule has 0 saturated heterocycles. The molecule has 2 aromatic rings. The van der Waals surface area contributed by atoms with E-state index in [9.17, 15) is 29.4 Å². The van der Waals surface area contributed by atoms with Gasteiger partial charge in [0.2, 0.25) is 0 Å². The predicted octanol–water partition coefficient (Wildman–Crippen LogP) is 4.57. The minimum absolute atomic E-state index is 0.142. The molecule has 0 unspecified atom stereocenters. The molecule has 2 aromatic carbocycles. The number of hydrogen-bond donors (Lipinski definition) is 4. The van der Waals surface area contributed by atoms with Crippen LogP contribution in [0.25, 0.3) is 10.8 Å². The number of carboxylic acid groups (broad SMARTS) is 2. The van der Waals surface area contributed by atoms with E-state index >= 15 is 0 Å². The van der Waals surface area contributed by atoms with Gasteiger partial charge in [-0.25, -0.2) is 9.59 Å². The molecule has 0 radical (unpaired) electrons. The van der Waals surface area contributed by atoms with Gasteiger partial charge in [0.05, 0.1) is 22.3 Å². The average Bonchev–Trinajstić information content (AvgIpc) is 3.04. The molecule has 48 heavy (non-hydrogen) atoms. The molecule has 16 heteroatoms. The van der Waals surface area contributed by atoms with Crippen LogP contribution < -0.4 is 10.6 Å². The van der Waals surface area contributed by atoms with Crippen LogP contribution in [0.2, 0.25) is 12.1 Å². The van der Waals surface area contributed by atoms with Crippen LogP contribution in [0.1, 0.15) is 95.8 Å². The third kappa shape index (κ3) is 11.4. The summed E-state index contributed by atoms with van der Waals surface area (Å²) in [7, 11) is -5.85. The Labute approximate surface area is 284 Å². The van der Waals surface area contributed by atoms with Crippen LogP contribution in [-0.2, 0) is 26.6 Å². The van der Waals surface area contributed by atoms with Crippen molar-refractivity contribution >= 4 is 52.1 Å². The van der Waals surface area contributed by atoms with Gasteiger partial charge in [-0.3, -0.25) is 9.59 Å². The van der Waals surface area contributed by atoms with Crippen molar-refractivity contribution < 1.29 is 55.9 Å². The highest BCUT2D eigenvalue weighted by atomic mass is 28.4. The topological polar surface area (TPSA) is 188 Å². The molecule has 0 saturated carbocycles. The van der Waals surface area contributed by atoms with Gasteiger partial charge in [0.15, 0.2) is 0 Å². The molecule has 0 aliphatic heterocycles. The Morgan fingerprint density at radius 2 is 0.792 bits per heavy atom. The molecule has 14 nitrogen and oxygen atoms in total. The van der Waals surface area contributed by atoms with Gasteiger partial charge in [0, 0.05) is 64.8 Å². The van der Waals surface area contributed by atoms with Gasteiger partial charge in [-0.05, 0) is 89.4 Å². The summed E-state index contributed by atoms with van der Waals surface area (Å²) >= 11 is 0. The van der Waals surface area contributed by atoms with Crippen LogP contribution >= 0.6 is 0 Å². The number of carbonyl (C=O) groups excluding carboxylic acids is 2. The summed E-state index contributed by atoms with van der Waals surface area (Å²) in [5.74, 6) is -3.99. The van der Waals surface area contributed by atoms with E-state index in [1.54, 1.807) is 0 Å². The lowest BCUT2D eigenvalue weighted by atomic mass is 9.95. The van der Waals surface area contributed by atoms with E-state index < -0.39 is 41.4 Å². The maximum absolute atomic E-state index is 13.2. The quantitative estimate of drug-likeness (QED) is 0.0879. The summed E-state index contributed by atoms with van der Waals surface area (Å²) in [5.41, 5.74) is -0.866. The molecular weight excluding hydrogens is 661 g/mol. The number of fused-ring (bicyclic) bond motifs is 1. The fourth-order valence-electron chi connectivity index (χ4n) is 5.29. The summed E-state index contributed by atoms with van der Waals surface area (Å²) in [6.07, 6.45) is 0.920. The maximum Gasteiger partial charge on any atom is 0.500 e. The summed E-state index contributed by atoms with van der Waals surface area (Å²) in [4.78, 5) is 50.8. The van der Waals surface area contributed by atoms with E-state index in [2.05, 4.69) is 10.6 Å². The van der Waals surface area contributed by atoms with Crippen LogP contribution in [0, 0.1) is 0 Å². The van der Waals surface area contributed by atoms with Crippen LogP contribution in [0.4, 0.5) is 0 Å². The SMILES string of the molecule is CCO[Si](CCCNC(=O)c1cc2cc(C(=O)O)c(C(=O)NCCC[Si](OCC)(OCC)OCC)cc2cc1C(=O)O)(OCC)OCC. The Kier molecular flexibility index (Phi) is 17.3. The highest BCUT2D eigenvalue weighted by Gasteiger charge is 2.40. The number of carbonyl (C=O) groups is 4. The normalized spacial score (nSPS) is 11.9. The molecule has 0 spiro atoms. The first-order valence-electron chi connectivity index (χ1n) is 16.4. The lowest BCUT2D eigenvalue weighted by Gasteiger charge is -2.28. The van der Waals surface area contributed by atoms with Crippen molar-refractivity contribution in [3.8, 4) is 0 Å². The molecule has 268 valence electrons. The Morgan fingerprint density at radius 1 is 0.521 bits per heavy atom. The van der Waals surface area contributed by atoms with E-state index in [1.807, 2.05) is 41.5 Å². The molecule has 0 aliphatic carbocycles. The predicted molar refractivity (Wildman–Crippen MR) is 183 cm³/mol. The van der Waals surface area contributed by atoms with Crippen LogP contribution in [0.5, 0.6) is 0 Å². The number of amides is 2. The first-order chi connectivity index (χ1) is 23.0. The first kappa shape index (κ1) is 40.9. The van der Waals surface area contributed by atoms with Gasteiger partial charge in [-0.1, -0.05) is 0 Å². The molecule has 0 bridgehead atoms. The fraction of sp³-hybridized carbons (Fsp3) is 0.562. The van der Waals surface area contributed by atoms with Crippen molar-refractivity contribution in [1.82, 2.24) is 10.6 Å². The number of rotatable bonds is 24. The van der Waals surface area contributed by atoms with E-state index in [0.29, 0.717) is 64.6 Å². The zero-order valence-electron chi connectivity index (χ0n) is 28.8. The smallest absolute Gasteiger partial charge is 0.478 e. The average molecular weight is 711 g/mol. The number of benzene rings is 2. The van der Waals surface area contributed by atoms with Crippen LogP contribution in [0.15, 0.2) is 24.3 Å². The van der Waals surface area contributed by atoms with Crippen molar-refractivity contribution in [2.45, 2.75) is 66.5 Å². The third-order valence-electron chi connectivity index (χ3n) is 7.14. The number of hydrogen-bond acceptors (Lipinski definition) is 10. The van der Waals surface area contributed by atoms with Crippen molar-refractivity contribution in [3.05, 3.63) is 46.5 Å². The Morgan fingerprint density at radius 3 is 1.04 bits per heavy atom. The monoisotopic (exact) mass is 710 g/mol. The van der Waals surface area contributed by atoms with E-state index in [1.165, 1.54) is 24.3 Å².